The van der Waals surface area contributed by atoms with Crippen molar-refractivity contribution < 1.29 is 8.39 Å². The molecule has 0 aliphatic carbocycles. The topological polar surface area (TPSA) is 29.5 Å². The normalized spacial score (nSPS) is 13.6. The van der Waals surface area contributed by atoms with Gasteiger partial charge in [0, 0.05) is 22.9 Å². The lowest BCUT2D eigenvalue weighted by Gasteiger charge is -2.30. The molecule has 0 fully saturated rings. The molecule has 5 heteroatoms. The summed E-state index contributed by atoms with van der Waals surface area (Å²) in [6.07, 6.45) is 0. The van der Waals surface area contributed by atoms with Gasteiger partial charge in [-0.05, 0) is 59.1 Å². The van der Waals surface area contributed by atoms with E-state index in [-0.39, 0.29) is 12.1 Å². The van der Waals surface area contributed by atoms with Gasteiger partial charge in [-0.3, -0.25) is 0 Å². The van der Waals surface area contributed by atoms with Gasteiger partial charge in [-0.25, -0.2) is 0 Å². The summed E-state index contributed by atoms with van der Waals surface area (Å²) < 4.78 is 16.9. The molecule has 0 saturated heterocycles. The number of hydrogen-bond donors (Lipinski definition) is 0. The lowest BCUT2D eigenvalue weighted by Crippen LogP contribution is -2.43. The Morgan fingerprint density at radius 1 is 0.707 bits per heavy atom. The van der Waals surface area contributed by atoms with Crippen LogP contribution in [-0.2, 0) is 0 Å². The predicted octanol–water partition coefficient (Wildman–Crippen LogP) is 11.0. The molecular weight excluding hydrogens is 537 g/mol. The molecule has 0 aliphatic rings. The maximum Gasteiger partial charge on any atom is 0.310 e. The van der Waals surface area contributed by atoms with Crippen molar-refractivity contribution in [2.75, 3.05) is 4.67 Å². The van der Waals surface area contributed by atoms with Gasteiger partial charge in [-0.15, -0.1) is 0 Å². The first-order chi connectivity index (χ1) is 19.9. The molecule has 0 aliphatic heterocycles. The monoisotopic (exact) mass is 577 g/mol. The minimum atomic E-state index is -1.85. The van der Waals surface area contributed by atoms with Crippen LogP contribution in [-0.4, -0.2) is 14.1 Å². The maximum absolute atomic E-state index is 7.35. The van der Waals surface area contributed by atoms with Crippen LogP contribution in [0, 0.1) is 0 Å². The molecule has 0 bridgehead atoms. The van der Waals surface area contributed by atoms with Crippen molar-refractivity contribution in [3.63, 3.8) is 0 Å². The average molecular weight is 578 g/mol. The van der Waals surface area contributed by atoms with Gasteiger partial charge >= 0.3 is 8.16 Å². The third kappa shape index (κ3) is 4.82. The van der Waals surface area contributed by atoms with Crippen LogP contribution >= 0.6 is 8.16 Å². The van der Waals surface area contributed by atoms with E-state index in [1.54, 1.807) is 0 Å². The number of benzene rings is 5. The fourth-order valence-corrected chi connectivity index (χ4v) is 10.5. The van der Waals surface area contributed by atoms with Crippen LogP contribution in [0.4, 0.5) is 0 Å². The molecule has 1 unspecified atom stereocenters. The van der Waals surface area contributed by atoms with Crippen LogP contribution in [0.15, 0.2) is 105 Å². The van der Waals surface area contributed by atoms with Crippen LogP contribution in [0.5, 0.6) is 0 Å². The molecular formula is C36H40NO2PSi. The lowest BCUT2D eigenvalue weighted by atomic mass is 9.98. The van der Waals surface area contributed by atoms with E-state index in [9.17, 15) is 0 Å². The Hall–Kier alpha value is -3.30. The molecule has 2 atom stereocenters. The van der Waals surface area contributed by atoms with Gasteiger partial charge in [0.25, 0.3) is 0 Å². The molecule has 6 rings (SSSR count). The highest BCUT2D eigenvalue weighted by Gasteiger charge is 2.32. The van der Waals surface area contributed by atoms with Crippen molar-refractivity contribution in [2.24, 2.45) is 0 Å². The second-order valence-corrected chi connectivity index (χ2v) is 18.1. The van der Waals surface area contributed by atoms with E-state index in [0.717, 1.165) is 28.6 Å². The predicted molar refractivity (Wildman–Crippen MR) is 182 cm³/mol. The fraction of sp³-hybridized carbons (Fsp3) is 0.278. The zero-order valence-electron chi connectivity index (χ0n) is 25.0. The average Bonchev–Trinajstić information content (AvgIpc) is 3.18. The molecule has 0 saturated carbocycles. The highest BCUT2D eigenvalue weighted by molar-refractivity contribution is 7.39. The largest absolute Gasteiger partial charge is 0.408 e. The lowest BCUT2D eigenvalue weighted by molar-refractivity contribution is 0.565. The van der Waals surface area contributed by atoms with E-state index in [1.165, 1.54) is 37.7 Å². The minimum Gasteiger partial charge on any atom is -0.408 e. The Bertz CT molecular complexity index is 1890. The van der Waals surface area contributed by atoms with Crippen LogP contribution in [0.1, 0.15) is 46.2 Å². The molecule has 0 spiro atoms. The Morgan fingerprint density at radius 2 is 1.32 bits per heavy atom. The van der Waals surface area contributed by atoms with E-state index in [2.05, 4.69) is 143 Å². The highest BCUT2D eigenvalue weighted by Crippen LogP contribution is 2.45. The van der Waals surface area contributed by atoms with Gasteiger partial charge in [0.1, 0.15) is 11.2 Å². The van der Waals surface area contributed by atoms with Gasteiger partial charge < -0.3 is 8.39 Å². The third-order valence-corrected chi connectivity index (χ3v) is 15.8. The second kappa shape index (κ2) is 11.2. The van der Waals surface area contributed by atoms with E-state index in [4.69, 9.17) is 8.39 Å². The van der Waals surface area contributed by atoms with Crippen molar-refractivity contribution in [3.8, 4) is 0 Å². The molecule has 5 aromatic carbocycles. The highest BCUT2D eigenvalue weighted by atomic mass is 31.1. The van der Waals surface area contributed by atoms with Crippen molar-refractivity contribution in [1.82, 2.24) is 0 Å². The van der Waals surface area contributed by atoms with Crippen LogP contribution in [0.2, 0.25) is 18.6 Å². The first-order valence-corrected chi connectivity index (χ1v) is 19.0. The minimum absolute atomic E-state index is 0.123. The molecule has 1 aromatic heterocycles. The summed E-state index contributed by atoms with van der Waals surface area (Å²) in [5, 5.41) is 8.66. The Labute approximate surface area is 245 Å². The summed E-state index contributed by atoms with van der Waals surface area (Å²) in [5.74, 6) is 0. The van der Waals surface area contributed by atoms with E-state index in [1.807, 2.05) is 0 Å². The molecule has 0 amide bonds. The molecule has 41 heavy (non-hydrogen) atoms. The van der Waals surface area contributed by atoms with Crippen molar-refractivity contribution >= 4 is 64.9 Å². The molecule has 1 heterocycles. The van der Waals surface area contributed by atoms with E-state index >= 15 is 0 Å². The van der Waals surface area contributed by atoms with Crippen molar-refractivity contribution in [1.29, 1.82) is 0 Å². The van der Waals surface area contributed by atoms with E-state index < -0.39 is 16.2 Å². The Kier molecular flexibility index (Phi) is 7.59. The summed E-state index contributed by atoms with van der Waals surface area (Å²) in [4.78, 5) is 0. The first kappa shape index (κ1) is 27.8. The molecule has 0 radical (unpaired) electrons. The zero-order valence-corrected chi connectivity index (χ0v) is 26.9. The van der Waals surface area contributed by atoms with Gasteiger partial charge in [-0.1, -0.05) is 123 Å². The van der Waals surface area contributed by atoms with Gasteiger partial charge in [0.05, 0.1) is 8.07 Å². The van der Waals surface area contributed by atoms with Crippen molar-refractivity contribution in [3.05, 3.63) is 103 Å². The number of hydrogen-bond acceptors (Lipinski definition) is 3. The fourth-order valence-electron chi connectivity index (χ4n) is 6.27. The standard InChI is InChI=1S/C36H40NO2PSi/c1-7-41(6,8-2)33-24-29-19-13-15-21-31(29)35-34-30-20-14-12-18-28(30)22-23-32(34)38-40(39-36(33)35)37(25(3)4)26(5)27-16-10-9-11-17-27/h9-26H,7-8H2,1-6H3/t26-,40?/m1/s1. The van der Waals surface area contributed by atoms with Crippen LogP contribution in [0.25, 0.3) is 43.5 Å². The van der Waals surface area contributed by atoms with Crippen molar-refractivity contribution in [2.45, 2.75) is 65.3 Å². The second-order valence-electron chi connectivity index (χ2n) is 11.8. The maximum atomic E-state index is 7.35. The third-order valence-electron chi connectivity index (χ3n) is 9.10. The van der Waals surface area contributed by atoms with Gasteiger partial charge in [-0.2, -0.15) is 4.67 Å². The number of fused-ring (bicyclic) bond motifs is 7. The van der Waals surface area contributed by atoms with E-state index in [0.29, 0.717) is 0 Å². The molecule has 3 nitrogen and oxygen atoms in total. The molecule has 0 N–H and O–H groups in total. The van der Waals surface area contributed by atoms with Gasteiger partial charge in [0.2, 0.25) is 0 Å². The first-order valence-electron chi connectivity index (χ1n) is 14.9. The summed E-state index contributed by atoms with van der Waals surface area (Å²) in [6, 6.07) is 37.7. The summed E-state index contributed by atoms with van der Waals surface area (Å²) in [7, 11) is -3.32. The number of rotatable bonds is 7. The zero-order chi connectivity index (χ0) is 28.7. The SMILES string of the molecule is CC[Si](C)(CC)c1cc2ccccc2c2c1op(N(C(C)C)[C@H](C)c1ccccc1)oc1ccc3ccccc3c12. The van der Waals surface area contributed by atoms with Crippen LogP contribution in [0.3, 0.4) is 0 Å². The smallest absolute Gasteiger partial charge is 0.310 e. The summed E-state index contributed by atoms with van der Waals surface area (Å²) >= 11 is 0. The molecule has 210 valence electrons. The summed E-state index contributed by atoms with van der Waals surface area (Å²) in [5.41, 5.74) is 3.20. The Balaban J connectivity index is 1.85. The van der Waals surface area contributed by atoms with Gasteiger partial charge in [0.15, 0.2) is 0 Å². The Morgan fingerprint density at radius 3 is 1.98 bits per heavy atom. The van der Waals surface area contributed by atoms with Crippen LogP contribution < -0.4 is 9.86 Å². The molecule has 6 aromatic rings. The summed E-state index contributed by atoms with van der Waals surface area (Å²) in [6.45, 7) is 14.0. The quantitative estimate of drug-likeness (QED) is 0.177. The number of nitrogens with zero attached hydrogens (tertiary/aromatic N) is 1.